The number of ether oxygens (including phenoxy) is 1. The zero-order chi connectivity index (χ0) is 19.7. The molecule has 0 fully saturated rings. The van der Waals surface area contributed by atoms with Crippen molar-refractivity contribution in [1.82, 2.24) is 5.32 Å². The van der Waals surface area contributed by atoms with E-state index in [1.165, 1.54) is 5.56 Å². The molecule has 144 valence electrons. The summed E-state index contributed by atoms with van der Waals surface area (Å²) < 4.78 is 5.22. The first-order valence-corrected chi connectivity index (χ1v) is 9.88. The quantitative estimate of drug-likeness (QED) is 0.869. The number of benzene rings is 2. The summed E-state index contributed by atoms with van der Waals surface area (Å²) in [4.78, 5) is 25.5. The number of carbonyl (C=O) groups excluding carboxylic acids is 2. The van der Waals surface area contributed by atoms with E-state index in [9.17, 15) is 9.59 Å². The molecule has 2 atom stereocenters. The van der Waals surface area contributed by atoms with Crippen LogP contribution in [0.3, 0.4) is 0 Å². The Morgan fingerprint density at radius 3 is 2.25 bits per heavy atom. The maximum atomic E-state index is 13.1. The van der Waals surface area contributed by atoms with Crippen LogP contribution in [0.4, 0.5) is 0 Å². The van der Waals surface area contributed by atoms with E-state index >= 15 is 0 Å². The lowest BCUT2D eigenvalue weighted by atomic mass is 9.73. The van der Waals surface area contributed by atoms with Crippen molar-refractivity contribution in [2.75, 3.05) is 7.11 Å². The number of Topliss-reactive ketones (excluding diaryl/α,β-unsaturated/α-hetero) is 1. The normalized spacial score (nSPS) is 21.9. The summed E-state index contributed by atoms with van der Waals surface area (Å²) in [5, 5.41) is 2.99. The first kappa shape index (κ1) is 18.5. The third kappa shape index (κ3) is 3.47. The molecule has 2 aromatic carbocycles. The number of rotatable bonds is 4. The molecule has 1 aliphatic heterocycles. The van der Waals surface area contributed by atoms with Crippen molar-refractivity contribution in [3.63, 3.8) is 0 Å². The minimum Gasteiger partial charge on any atom is -0.497 e. The van der Waals surface area contributed by atoms with Crippen molar-refractivity contribution in [3.8, 4) is 5.75 Å². The third-order valence-electron chi connectivity index (χ3n) is 5.91. The SMILES string of the molecule is CCc1ccc([C@@H]2CC(=O)NC3=C2C(=O)C[C@@H](c2ccc(OC)cc2)C3)cc1. The Balaban J connectivity index is 1.65. The number of hydrogen-bond donors (Lipinski definition) is 1. The van der Waals surface area contributed by atoms with Gasteiger partial charge >= 0.3 is 0 Å². The molecule has 1 heterocycles. The summed E-state index contributed by atoms with van der Waals surface area (Å²) in [5.74, 6) is 0.878. The first-order chi connectivity index (χ1) is 13.6. The number of carbonyl (C=O) groups is 2. The predicted molar refractivity (Wildman–Crippen MR) is 108 cm³/mol. The Morgan fingerprint density at radius 2 is 1.61 bits per heavy atom. The van der Waals surface area contributed by atoms with Gasteiger partial charge in [-0.3, -0.25) is 9.59 Å². The smallest absolute Gasteiger partial charge is 0.225 e. The molecule has 2 aromatic rings. The monoisotopic (exact) mass is 375 g/mol. The average Bonchev–Trinajstić information content (AvgIpc) is 2.73. The van der Waals surface area contributed by atoms with Gasteiger partial charge in [0.05, 0.1) is 7.11 Å². The summed E-state index contributed by atoms with van der Waals surface area (Å²) in [6, 6.07) is 16.2. The van der Waals surface area contributed by atoms with Crippen LogP contribution in [-0.4, -0.2) is 18.8 Å². The molecule has 0 saturated carbocycles. The van der Waals surface area contributed by atoms with E-state index in [1.807, 2.05) is 24.3 Å². The molecule has 0 saturated heterocycles. The van der Waals surface area contributed by atoms with Gasteiger partial charge in [-0.2, -0.15) is 0 Å². The van der Waals surface area contributed by atoms with Crippen LogP contribution in [0.15, 0.2) is 59.8 Å². The number of aryl methyl sites for hydroxylation is 1. The van der Waals surface area contributed by atoms with Crippen LogP contribution >= 0.6 is 0 Å². The van der Waals surface area contributed by atoms with E-state index in [0.717, 1.165) is 34.6 Å². The van der Waals surface area contributed by atoms with Crippen molar-refractivity contribution < 1.29 is 14.3 Å². The number of ketones is 1. The Labute approximate surface area is 165 Å². The average molecular weight is 375 g/mol. The van der Waals surface area contributed by atoms with Gasteiger partial charge in [0.15, 0.2) is 5.78 Å². The third-order valence-corrected chi connectivity index (χ3v) is 5.91. The summed E-state index contributed by atoms with van der Waals surface area (Å²) in [6.07, 6.45) is 2.47. The molecule has 0 radical (unpaired) electrons. The summed E-state index contributed by atoms with van der Waals surface area (Å²) in [7, 11) is 1.64. The Hall–Kier alpha value is -2.88. The second kappa shape index (κ2) is 7.63. The molecular formula is C24H25NO3. The van der Waals surface area contributed by atoms with E-state index in [2.05, 4.69) is 36.5 Å². The van der Waals surface area contributed by atoms with Gasteiger partial charge in [-0.05, 0) is 47.6 Å². The van der Waals surface area contributed by atoms with Crippen LogP contribution in [0, 0.1) is 0 Å². The molecule has 1 aliphatic carbocycles. The molecule has 1 amide bonds. The summed E-state index contributed by atoms with van der Waals surface area (Å²) in [6.45, 7) is 2.12. The highest BCUT2D eigenvalue weighted by Gasteiger charge is 2.38. The van der Waals surface area contributed by atoms with Gasteiger partial charge in [0, 0.05) is 30.0 Å². The molecule has 4 rings (SSSR count). The predicted octanol–water partition coefficient (Wildman–Crippen LogP) is 4.26. The van der Waals surface area contributed by atoms with Gasteiger partial charge in [-0.1, -0.05) is 43.3 Å². The molecule has 2 aliphatic rings. The standard InChI is InChI=1S/C24H25NO3/c1-3-15-4-6-17(7-5-15)20-14-23(27)25-21-12-18(13-22(26)24(20)21)16-8-10-19(28-2)11-9-16/h4-11,18,20H,3,12-14H2,1-2H3,(H,25,27)/t18-,20-/m0/s1. The zero-order valence-electron chi connectivity index (χ0n) is 16.3. The van der Waals surface area contributed by atoms with Crippen LogP contribution in [-0.2, 0) is 16.0 Å². The largest absolute Gasteiger partial charge is 0.497 e. The summed E-state index contributed by atoms with van der Waals surface area (Å²) >= 11 is 0. The van der Waals surface area contributed by atoms with Crippen molar-refractivity contribution >= 4 is 11.7 Å². The van der Waals surface area contributed by atoms with Crippen molar-refractivity contribution in [1.29, 1.82) is 0 Å². The topological polar surface area (TPSA) is 55.4 Å². The second-order valence-electron chi connectivity index (χ2n) is 7.59. The van der Waals surface area contributed by atoms with E-state index < -0.39 is 0 Å². The lowest BCUT2D eigenvalue weighted by Crippen LogP contribution is -2.38. The molecule has 0 spiro atoms. The lowest BCUT2D eigenvalue weighted by Gasteiger charge is -2.34. The van der Waals surface area contributed by atoms with Gasteiger partial charge in [0.25, 0.3) is 0 Å². The Kier molecular flexibility index (Phi) is 5.03. The van der Waals surface area contributed by atoms with Crippen molar-refractivity contribution in [2.45, 2.75) is 44.4 Å². The van der Waals surface area contributed by atoms with Crippen molar-refractivity contribution in [2.24, 2.45) is 0 Å². The Morgan fingerprint density at radius 1 is 0.929 bits per heavy atom. The van der Waals surface area contributed by atoms with E-state index in [-0.39, 0.29) is 23.5 Å². The van der Waals surface area contributed by atoms with Gasteiger partial charge < -0.3 is 10.1 Å². The molecular weight excluding hydrogens is 350 g/mol. The fraction of sp³-hybridized carbons (Fsp3) is 0.333. The molecule has 4 heteroatoms. The minimum atomic E-state index is -0.140. The van der Waals surface area contributed by atoms with Gasteiger partial charge in [0.1, 0.15) is 5.75 Å². The van der Waals surface area contributed by atoms with Crippen LogP contribution < -0.4 is 10.1 Å². The fourth-order valence-corrected chi connectivity index (χ4v) is 4.34. The van der Waals surface area contributed by atoms with Crippen LogP contribution in [0.25, 0.3) is 0 Å². The summed E-state index contributed by atoms with van der Waals surface area (Å²) in [5.41, 5.74) is 5.01. The van der Waals surface area contributed by atoms with E-state index in [1.54, 1.807) is 7.11 Å². The number of nitrogens with one attached hydrogen (secondary N) is 1. The van der Waals surface area contributed by atoms with Crippen LogP contribution in [0.2, 0.25) is 0 Å². The molecule has 1 N–H and O–H groups in total. The number of amides is 1. The fourth-order valence-electron chi connectivity index (χ4n) is 4.34. The molecule has 28 heavy (non-hydrogen) atoms. The maximum Gasteiger partial charge on any atom is 0.225 e. The highest BCUT2D eigenvalue weighted by molar-refractivity contribution is 6.02. The number of methoxy groups -OCH3 is 1. The second-order valence-corrected chi connectivity index (χ2v) is 7.59. The minimum absolute atomic E-state index is 0.00787. The van der Waals surface area contributed by atoms with E-state index in [0.29, 0.717) is 19.3 Å². The number of allylic oxidation sites excluding steroid dienone is 2. The maximum absolute atomic E-state index is 13.1. The molecule has 0 aromatic heterocycles. The zero-order valence-corrected chi connectivity index (χ0v) is 16.3. The van der Waals surface area contributed by atoms with Gasteiger partial charge in [-0.25, -0.2) is 0 Å². The van der Waals surface area contributed by atoms with Crippen LogP contribution in [0.5, 0.6) is 5.75 Å². The first-order valence-electron chi connectivity index (χ1n) is 9.88. The highest BCUT2D eigenvalue weighted by atomic mass is 16.5. The number of hydrogen-bond acceptors (Lipinski definition) is 3. The van der Waals surface area contributed by atoms with Gasteiger partial charge in [0.2, 0.25) is 5.91 Å². The van der Waals surface area contributed by atoms with Gasteiger partial charge in [-0.15, -0.1) is 0 Å². The highest BCUT2D eigenvalue weighted by Crippen LogP contribution is 2.42. The Bertz CT molecular complexity index is 925. The molecule has 0 bridgehead atoms. The molecule has 0 unspecified atom stereocenters. The van der Waals surface area contributed by atoms with Crippen LogP contribution in [0.1, 0.15) is 54.7 Å². The molecule has 4 nitrogen and oxygen atoms in total. The van der Waals surface area contributed by atoms with E-state index in [4.69, 9.17) is 4.74 Å². The van der Waals surface area contributed by atoms with Crippen molar-refractivity contribution in [3.05, 3.63) is 76.5 Å². The lowest BCUT2D eigenvalue weighted by molar-refractivity contribution is -0.122.